The lowest BCUT2D eigenvalue weighted by Crippen LogP contribution is -2.21. The van der Waals surface area contributed by atoms with E-state index in [1.165, 1.54) is 0 Å². The number of hydrogen-bond donors (Lipinski definition) is 4. The highest BCUT2D eigenvalue weighted by Gasteiger charge is 2.31. The summed E-state index contributed by atoms with van der Waals surface area (Å²) >= 11 is 0. The van der Waals surface area contributed by atoms with Crippen LogP contribution in [0.4, 0.5) is 43.9 Å². The van der Waals surface area contributed by atoms with E-state index < -0.39 is 35.8 Å². The Bertz CT molecular complexity index is 1340. The van der Waals surface area contributed by atoms with Gasteiger partial charge >= 0.3 is 18.8 Å². The first-order valence-electron chi connectivity index (χ1n) is 9.69. The maximum Gasteiger partial charge on any atom is 0.416 e. The van der Waals surface area contributed by atoms with Gasteiger partial charge in [-0.2, -0.15) is 27.1 Å². The van der Waals surface area contributed by atoms with Crippen LogP contribution in [0.25, 0.3) is 22.0 Å². The molecule has 0 atom stereocenters. The summed E-state index contributed by atoms with van der Waals surface area (Å²) in [5, 5.41) is 12.1. The number of carbonyl (C=O) groups is 1. The van der Waals surface area contributed by atoms with Crippen molar-refractivity contribution in [2.45, 2.75) is 12.8 Å². The molecule has 4 aromatic rings. The molecule has 1 heterocycles. The first kappa shape index (κ1) is 22.8. The number of anilines is 3. The number of halogens is 5. The molecular weight excluding hydrogens is 461 g/mol. The number of benzene rings is 3. The molecular formula is C22H16F5N5O2. The fourth-order valence-corrected chi connectivity index (χ4v) is 3.36. The van der Waals surface area contributed by atoms with Crippen molar-refractivity contribution in [3.8, 4) is 16.9 Å². The zero-order valence-electron chi connectivity index (χ0n) is 17.1. The number of urea groups is 1. The number of aromatic amines is 1. The average molecular weight is 477 g/mol. The minimum absolute atomic E-state index is 0.303. The average Bonchev–Trinajstić information content (AvgIpc) is 3.15. The van der Waals surface area contributed by atoms with Crippen LogP contribution in [-0.4, -0.2) is 22.8 Å². The molecule has 176 valence electrons. The van der Waals surface area contributed by atoms with Gasteiger partial charge in [0.1, 0.15) is 5.75 Å². The fourth-order valence-electron chi connectivity index (χ4n) is 3.36. The Balaban J connectivity index is 1.53. The summed E-state index contributed by atoms with van der Waals surface area (Å²) in [6.07, 6.45) is -4.74. The molecule has 0 bridgehead atoms. The number of nitrogens with two attached hydrogens (primary N) is 1. The molecule has 0 aliphatic heterocycles. The van der Waals surface area contributed by atoms with Gasteiger partial charge in [0.2, 0.25) is 0 Å². The minimum Gasteiger partial charge on any atom is -0.433 e. The molecule has 5 N–H and O–H groups in total. The summed E-state index contributed by atoms with van der Waals surface area (Å²) in [6, 6.07) is 12.9. The second-order valence-electron chi connectivity index (χ2n) is 7.08. The van der Waals surface area contributed by atoms with Crippen molar-refractivity contribution in [1.82, 2.24) is 10.2 Å². The van der Waals surface area contributed by atoms with Crippen LogP contribution in [0.2, 0.25) is 0 Å². The number of H-pyrrole nitrogens is 1. The maximum atomic E-state index is 13.0. The molecule has 34 heavy (non-hydrogen) atoms. The predicted molar refractivity (Wildman–Crippen MR) is 117 cm³/mol. The highest BCUT2D eigenvalue weighted by Crippen LogP contribution is 2.36. The smallest absolute Gasteiger partial charge is 0.416 e. The molecule has 0 aliphatic carbocycles. The quantitative estimate of drug-likeness (QED) is 0.262. The fraction of sp³-hybridized carbons (Fsp3) is 0.0909. The van der Waals surface area contributed by atoms with Crippen molar-refractivity contribution in [1.29, 1.82) is 0 Å². The van der Waals surface area contributed by atoms with Gasteiger partial charge in [0.25, 0.3) is 0 Å². The molecule has 7 nitrogen and oxygen atoms in total. The number of nitrogen functional groups attached to an aromatic ring is 1. The van der Waals surface area contributed by atoms with Crippen LogP contribution in [0.1, 0.15) is 5.56 Å². The zero-order valence-corrected chi connectivity index (χ0v) is 17.1. The highest BCUT2D eigenvalue weighted by atomic mass is 19.4. The number of amides is 2. The van der Waals surface area contributed by atoms with Crippen molar-refractivity contribution in [3.63, 3.8) is 0 Å². The molecule has 0 radical (unpaired) electrons. The van der Waals surface area contributed by atoms with Crippen molar-refractivity contribution in [2.24, 2.45) is 0 Å². The maximum absolute atomic E-state index is 13.0. The van der Waals surface area contributed by atoms with Gasteiger partial charge in [-0.05, 0) is 47.5 Å². The largest absolute Gasteiger partial charge is 0.433 e. The van der Waals surface area contributed by atoms with E-state index in [2.05, 4.69) is 25.6 Å². The summed E-state index contributed by atoms with van der Waals surface area (Å²) in [5.41, 5.74) is 6.86. The topological polar surface area (TPSA) is 105 Å². The second kappa shape index (κ2) is 8.89. The van der Waals surface area contributed by atoms with Gasteiger partial charge in [-0.15, -0.1) is 0 Å². The molecule has 0 spiro atoms. The van der Waals surface area contributed by atoms with E-state index in [0.717, 1.165) is 22.0 Å². The van der Waals surface area contributed by atoms with E-state index in [0.29, 0.717) is 29.7 Å². The number of hydrogen-bond acceptors (Lipinski definition) is 4. The molecule has 1 aromatic heterocycles. The number of ether oxygens (including phenoxy) is 1. The van der Waals surface area contributed by atoms with Crippen LogP contribution >= 0.6 is 0 Å². The number of alkyl halides is 5. The van der Waals surface area contributed by atoms with Crippen LogP contribution in [0.5, 0.6) is 5.75 Å². The Hall–Kier alpha value is -4.35. The van der Waals surface area contributed by atoms with Crippen LogP contribution in [0.15, 0.2) is 60.7 Å². The van der Waals surface area contributed by atoms with Crippen LogP contribution < -0.4 is 21.1 Å². The molecule has 12 heteroatoms. The third-order valence-electron chi connectivity index (χ3n) is 4.84. The monoisotopic (exact) mass is 477 g/mol. The third kappa shape index (κ3) is 4.85. The van der Waals surface area contributed by atoms with E-state index in [4.69, 9.17) is 5.73 Å². The van der Waals surface area contributed by atoms with Crippen molar-refractivity contribution < 1.29 is 31.5 Å². The number of carbonyl (C=O) groups excluding carboxylic acids is 1. The standard InChI is InChI=1S/C22H16F5N5O2/c23-20(24)34-17-9-6-12(22(25,26)27)10-16(17)30-21(33)29-13-7-4-11(5-8-13)14-2-1-3-15-18(14)19(28)32-31-15/h1-10,20H,(H3,28,31,32)(H2,29,30,33). The predicted octanol–water partition coefficient (Wildman–Crippen LogP) is 6.08. The van der Waals surface area contributed by atoms with Crippen molar-refractivity contribution in [3.05, 3.63) is 66.2 Å². The molecule has 3 aromatic carbocycles. The first-order chi connectivity index (χ1) is 16.1. The Labute approximate surface area is 188 Å². The summed E-state index contributed by atoms with van der Waals surface area (Å²) in [5.74, 6) is -0.283. The Morgan fingerprint density at radius 3 is 2.44 bits per heavy atom. The van der Waals surface area contributed by atoms with Gasteiger partial charge in [-0.1, -0.05) is 24.3 Å². The third-order valence-corrected chi connectivity index (χ3v) is 4.84. The summed E-state index contributed by atoms with van der Waals surface area (Å²) in [6.45, 7) is -3.29. The summed E-state index contributed by atoms with van der Waals surface area (Å²) in [4.78, 5) is 12.3. The molecule has 0 saturated heterocycles. The second-order valence-corrected chi connectivity index (χ2v) is 7.08. The SMILES string of the molecule is Nc1n[nH]c2cccc(-c3ccc(NC(=O)Nc4cc(C(F)(F)F)ccc4OC(F)F)cc3)c12. The molecule has 0 unspecified atom stereocenters. The van der Waals surface area contributed by atoms with Crippen LogP contribution in [0.3, 0.4) is 0 Å². The van der Waals surface area contributed by atoms with Crippen LogP contribution in [-0.2, 0) is 6.18 Å². The van der Waals surface area contributed by atoms with E-state index in [1.54, 1.807) is 24.3 Å². The molecule has 0 aliphatic rings. The van der Waals surface area contributed by atoms with E-state index in [9.17, 15) is 26.7 Å². The minimum atomic E-state index is -4.74. The van der Waals surface area contributed by atoms with Gasteiger partial charge in [0, 0.05) is 5.69 Å². The Morgan fingerprint density at radius 2 is 1.76 bits per heavy atom. The lowest BCUT2D eigenvalue weighted by atomic mass is 10.0. The lowest BCUT2D eigenvalue weighted by molar-refractivity contribution is -0.137. The number of fused-ring (bicyclic) bond motifs is 1. The molecule has 4 rings (SSSR count). The van der Waals surface area contributed by atoms with Gasteiger partial charge in [-0.25, -0.2) is 4.79 Å². The molecule has 0 fully saturated rings. The lowest BCUT2D eigenvalue weighted by Gasteiger charge is -2.15. The van der Waals surface area contributed by atoms with Crippen molar-refractivity contribution in [2.75, 3.05) is 16.4 Å². The molecule has 2 amide bonds. The van der Waals surface area contributed by atoms with Crippen LogP contribution in [0, 0.1) is 0 Å². The van der Waals surface area contributed by atoms with Gasteiger partial charge in [-0.3, -0.25) is 5.10 Å². The van der Waals surface area contributed by atoms with E-state index in [1.807, 2.05) is 18.2 Å². The molecule has 0 saturated carbocycles. The van der Waals surface area contributed by atoms with E-state index >= 15 is 0 Å². The number of rotatable bonds is 5. The van der Waals surface area contributed by atoms with Gasteiger partial charge in [0.15, 0.2) is 5.82 Å². The number of aromatic nitrogens is 2. The number of nitrogens with one attached hydrogen (secondary N) is 3. The Morgan fingerprint density at radius 1 is 1.03 bits per heavy atom. The zero-order chi connectivity index (χ0) is 24.5. The van der Waals surface area contributed by atoms with Gasteiger partial charge < -0.3 is 21.1 Å². The van der Waals surface area contributed by atoms with Gasteiger partial charge in [0.05, 0.1) is 22.2 Å². The van der Waals surface area contributed by atoms with E-state index in [-0.39, 0.29) is 0 Å². The Kier molecular flexibility index (Phi) is 5.97. The van der Waals surface area contributed by atoms with Crippen molar-refractivity contribution >= 4 is 34.1 Å². The number of nitrogens with zero attached hydrogens (tertiary/aromatic N) is 1. The summed E-state index contributed by atoms with van der Waals surface area (Å²) in [7, 11) is 0. The first-order valence-corrected chi connectivity index (χ1v) is 9.69. The highest BCUT2D eigenvalue weighted by molar-refractivity contribution is 6.03. The summed E-state index contributed by atoms with van der Waals surface area (Å²) < 4.78 is 68.4. The normalized spacial score (nSPS) is 11.6.